The van der Waals surface area contributed by atoms with Gasteiger partial charge >= 0.3 is 6.09 Å². The summed E-state index contributed by atoms with van der Waals surface area (Å²) in [7, 11) is 0. The van der Waals surface area contributed by atoms with Crippen LogP contribution in [-0.2, 0) is 16.0 Å². The van der Waals surface area contributed by atoms with Gasteiger partial charge in [-0.15, -0.1) is 0 Å². The molecule has 138 valence electrons. The van der Waals surface area contributed by atoms with Gasteiger partial charge in [0.25, 0.3) is 0 Å². The Kier molecular flexibility index (Phi) is 6.33. The third kappa shape index (κ3) is 6.55. The minimum atomic E-state index is -0.865. The van der Waals surface area contributed by atoms with Gasteiger partial charge in [0.2, 0.25) is 5.91 Å². The Balaban J connectivity index is 2.13. The molecule has 0 spiro atoms. The zero-order valence-corrected chi connectivity index (χ0v) is 15.1. The van der Waals surface area contributed by atoms with Crippen molar-refractivity contribution in [2.75, 3.05) is 5.32 Å². The molecule has 0 saturated heterocycles. The lowest BCUT2D eigenvalue weighted by Crippen LogP contribution is -2.47. The highest BCUT2D eigenvalue weighted by Gasteiger charge is 2.25. The van der Waals surface area contributed by atoms with E-state index in [2.05, 4.69) is 10.6 Å². The third-order valence-electron chi connectivity index (χ3n) is 3.38. The van der Waals surface area contributed by atoms with Gasteiger partial charge in [-0.25, -0.2) is 9.18 Å². The summed E-state index contributed by atoms with van der Waals surface area (Å²) in [6, 6.07) is 14.0. The Morgan fingerprint density at radius 3 is 2.38 bits per heavy atom. The summed E-state index contributed by atoms with van der Waals surface area (Å²) in [4.78, 5) is 24.7. The van der Waals surface area contributed by atoms with Crippen molar-refractivity contribution in [2.24, 2.45) is 0 Å². The Hall–Kier alpha value is -2.89. The predicted molar refractivity (Wildman–Crippen MR) is 98.3 cm³/mol. The van der Waals surface area contributed by atoms with E-state index in [4.69, 9.17) is 4.74 Å². The maximum Gasteiger partial charge on any atom is 0.408 e. The largest absolute Gasteiger partial charge is 0.444 e. The number of ether oxygens (including phenoxy) is 1. The van der Waals surface area contributed by atoms with E-state index in [0.717, 1.165) is 5.56 Å². The van der Waals surface area contributed by atoms with E-state index >= 15 is 0 Å². The first-order valence-corrected chi connectivity index (χ1v) is 8.33. The van der Waals surface area contributed by atoms with Crippen LogP contribution in [0.2, 0.25) is 0 Å². The first-order chi connectivity index (χ1) is 12.2. The summed E-state index contributed by atoms with van der Waals surface area (Å²) >= 11 is 0. The van der Waals surface area contributed by atoms with E-state index in [1.54, 1.807) is 26.8 Å². The average Bonchev–Trinajstić information content (AvgIpc) is 2.53. The molecule has 0 saturated carbocycles. The molecule has 5 nitrogen and oxygen atoms in total. The van der Waals surface area contributed by atoms with Crippen molar-refractivity contribution in [3.63, 3.8) is 0 Å². The van der Waals surface area contributed by atoms with Gasteiger partial charge in [0.15, 0.2) is 0 Å². The molecule has 0 aliphatic carbocycles. The number of hydrogen-bond donors (Lipinski definition) is 2. The average molecular weight is 358 g/mol. The first-order valence-electron chi connectivity index (χ1n) is 8.33. The summed E-state index contributed by atoms with van der Waals surface area (Å²) in [5.74, 6) is -0.909. The Morgan fingerprint density at radius 2 is 1.77 bits per heavy atom. The molecule has 6 heteroatoms. The second-order valence-corrected chi connectivity index (χ2v) is 6.89. The summed E-state index contributed by atoms with van der Waals surface area (Å²) in [5.41, 5.74) is 0.516. The number of anilines is 1. The topological polar surface area (TPSA) is 67.4 Å². The monoisotopic (exact) mass is 358 g/mol. The number of halogens is 1. The van der Waals surface area contributed by atoms with Crippen LogP contribution in [-0.4, -0.2) is 23.6 Å². The predicted octanol–water partition coefficient (Wildman–Crippen LogP) is 3.90. The van der Waals surface area contributed by atoms with Crippen molar-refractivity contribution in [3.05, 3.63) is 66.0 Å². The molecule has 1 atom stereocenters. The maximum atomic E-state index is 13.3. The normalized spacial score (nSPS) is 12.2. The van der Waals surface area contributed by atoms with Gasteiger partial charge in [-0.1, -0.05) is 36.4 Å². The van der Waals surface area contributed by atoms with E-state index in [9.17, 15) is 14.0 Å². The molecule has 0 unspecified atom stereocenters. The number of carbonyl (C=O) groups excluding carboxylic acids is 2. The lowest BCUT2D eigenvalue weighted by atomic mass is 10.1. The number of benzene rings is 2. The number of alkyl carbamates (subject to hydrolysis) is 1. The van der Waals surface area contributed by atoms with E-state index < -0.39 is 29.5 Å². The summed E-state index contributed by atoms with van der Waals surface area (Å²) < 4.78 is 18.6. The molecule has 2 amide bonds. The molecule has 0 bridgehead atoms. The standard InChI is InChI=1S/C20H23FN2O3/c1-20(2,3)26-19(25)23-17(12-14-8-5-4-6-9-14)18(24)22-16-11-7-10-15(21)13-16/h4-11,13,17H,12H2,1-3H3,(H,22,24)(H,23,25)/t17-/m1/s1. The van der Waals surface area contributed by atoms with Gasteiger partial charge in [-0.3, -0.25) is 4.79 Å². The molecule has 26 heavy (non-hydrogen) atoms. The van der Waals surface area contributed by atoms with Crippen LogP contribution in [0.1, 0.15) is 26.3 Å². The maximum absolute atomic E-state index is 13.3. The van der Waals surface area contributed by atoms with E-state index in [-0.39, 0.29) is 6.42 Å². The first kappa shape index (κ1) is 19.4. The van der Waals surface area contributed by atoms with Crippen LogP contribution in [0.15, 0.2) is 54.6 Å². The highest BCUT2D eigenvalue weighted by molar-refractivity contribution is 5.96. The molecule has 0 aliphatic rings. The van der Waals surface area contributed by atoms with Crippen molar-refractivity contribution < 1.29 is 18.7 Å². The smallest absolute Gasteiger partial charge is 0.408 e. The lowest BCUT2D eigenvalue weighted by molar-refractivity contribution is -0.118. The number of carbonyl (C=O) groups is 2. The zero-order valence-electron chi connectivity index (χ0n) is 15.1. The summed E-state index contributed by atoms with van der Waals surface area (Å²) in [6.45, 7) is 5.22. The van der Waals surface area contributed by atoms with Crippen LogP contribution in [0, 0.1) is 5.82 Å². The third-order valence-corrected chi connectivity index (χ3v) is 3.38. The second-order valence-electron chi connectivity index (χ2n) is 6.89. The van der Waals surface area contributed by atoms with Gasteiger partial charge in [0.05, 0.1) is 0 Å². The summed E-state index contributed by atoms with van der Waals surface area (Å²) in [6.07, 6.45) is -0.408. The van der Waals surface area contributed by atoms with E-state index in [1.165, 1.54) is 18.2 Å². The van der Waals surface area contributed by atoms with Crippen LogP contribution >= 0.6 is 0 Å². The van der Waals surface area contributed by atoms with Crippen LogP contribution in [0.25, 0.3) is 0 Å². The van der Waals surface area contributed by atoms with Crippen LogP contribution in [0.4, 0.5) is 14.9 Å². The Bertz CT molecular complexity index is 757. The number of nitrogens with one attached hydrogen (secondary N) is 2. The highest BCUT2D eigenvalue weighted by atomic mass is 19.1. The molecule has 0 aliphatic heterocycles. The minimum absolute atomic E-state index is 0.279. The Labute approximate surface area is 152 Å². The van der Waals surface area contributed by atoms with Crippen LogP contribution in [0.5, 0.6) is 0 Å². The lowest BCUT2D eigenvalue weighted by Gasteiger charge is -2.23. The number of amides is 2. The Morgan fingerprint density at radius 1 is 1.08 bits per heavy atom. The quantitative estimate of drug-likeness (QED) is 0.852. The fourth-order valence-corrected chi connectivity index (χ4v) is 2.30. The molecule has 2 aromatic carbocycles. The van der Waals surface area contributed by atoms with Crippen molar-refractivity contribution in [2.45, 2.75) is 38.8 Å². The van der Waals surface area contributed by atoms with Gasteiger partial charge in [-0.05, 0) is 44.5 Å². The van der Waals surface area contributed by atoms with Gasteiger partial charge < -0.3 is 15.4 Å². The molecule has 0 aromatic heterocycles. The zero-order chi connectivity index (χ0) is 19.2. The molecule has 0 heterocycles. The molecular formula is C20H23FN2O3. The van der Waals surface area contributed by atoms with E-state index in [0.29, 0.717) is 5.69 Å². The fourth-order valence-electron chi connectivity index (χ4n) is 2.30. The van der Waals surface area contributed by atoms with E-state index in [1.807, 2.05) is 30.3 Å². The number of hydrogen-bond acceptors (Lipinski definition) is 3. The van der Waals surface area contributed by atoms with Gasteiger partial charge in [0, 0.05) is 12.1 Å². The van der Waals surface area contributed by atoms with Crippen molar-refractivity contribution in [1.29, 1.82) is 0 Å². The molecular weight excluding hydrogens is 335 g/mol. The second kappa shape index (κ2) is 8.47. The van der Waals surface area contributed by atoms with Crippen molar-refractivity contribution in [3.8, 4) is 0 Å². The minimum Gasteiger partial charge on any atom is -0.444 e. The van der Waals surface area contributed by atoms with Gasteiger partial charge in [-0.2, -0.15) is 0 Å². The molecule has 2 aromatic rings. The molecule has 0 radical (unpaired) electrons. The molecule has 0 fully saturated rings. The SMILES string of the molecule is CC(C)(C)OC(=O)N[C@H](Cc1ccccc1)C(=O)Nc1cccc(F)c1. The van der Waals surface area contributed by atoms with Gasteiger partial charge in [0.1, 0.15) is 17.5 Å². The van der Waals surface area contributed by atoms with Crippen molar-refractivity contribution in [1.82, 2.24) is 5.32 Å². The molecule has 2 rings (SSSR count). The van der Waals surface area contributed by atoms with Crippen LogP contribution < -0.4 is 10.6 Å². The fraction of sp³-hybridized carbons (Fsp3) is 0.300. The highest BCUT2D eigenvalue weighted by Crippen LogP contribution is 2.12. The summed E-state index contributed by atoms with van der Waals surface area (Å²) in [5, 5.41) is 5.21. The van der Waals surface area contributed by atoms with Crippen LogP contribution in [0.3, 0.4) is 0 Å². The number of rotatable bonds is 5. The van der Waals surface area contributed by atoms with Crippen molar-refractivity contribution >= 4 is 17.7 Å². The molecule has 2 N–H and O–H groups in total.